The van der Waals surface area contributed by atoms with E-state index in [0.29, 0.717) is 15.6 Å². The SMILES string of the molecule is CCOC(=O)[C@@H]1C[C@H]([N+](=O)[O-])[C@H](c2ccc(Cl)cc2Cl)N1. The quantitative estimate of drug-likeness (QED) is 0.520. The van der Waals surface area contributed by atoms with Gasteiger partial charge in [-0.25, -0.2) is 0 Å². The van der Waals surface area contributed by atoms with E-state index in [4.69, 9.17) is 27.9 Å². The molecule has 1 aromatic rings. The van der Waals surface area contributed by atoms with Gasteiger partial charge in [0.25, 0.3) is 0 Å². The van der Waals surface area contributed by atoms with Gasteiger partial charge in [-0.15, -0.1) is 0 Å². The number of hydrogen-bond donors (Lipinski definition) is 1. The van der Waals surface area contributed by atoms with Gasteiger partial charge < -0.3 is 4.74 Å². The van der Waals surface area contributed by atoms with Crippen LogP contribution in [-0.2, 0) is 9.53 Å². The van der Waals surface area contributed by atoms with Crippen molar-refractivity contribution in [2.75, 3.05) is 6.61 Å². The van der Waals surface area contributed by atoms with Gasteiger partial charge in [-0.2, -0.15) is 0 Å². The summed E-state index contributed by atoms with van der Waals surface area (Å²) in [5.74, 6) is -0.489. The maximum Gasteiger partial charge on any atom is 0.323 e. The van der Waals surface area contributed by atoms with Gasteiger partial charge in [0.2, 0.25) is 6.04 Å². The Morgan fingerprint density at radius 3 is 2.81 bits per heavy atom. The molecule has 0 spiro atoms. The lowest BCUT2D eigenvalue weighted by Crippen LogP contribution is -2.34. The second kappa shape index (κ2) is 6.60. The van der Waals surface area contributed by atoms with Crippen molar-refractivity contribution in [2.24, 2.45) is 0 Å². The Hall–Kier alpha value is -1.37. The number of hydrogen-bond acceptors (Lipinski definition) is 5. The third-order valence-electron chi connectivity index (χ3n) is 3.38. The molecule has 1 aliphatic heterocycles. The standard InChI is InChI=1S/C13H14Cl2N2O4/c1-2-21-13(18)10-6-11(17(19)20)12(16-10)8-4-3-7(14)5-9(8)15/h3-5,10-12,16H,2,6H2,1H3/t10-,11-,12-/m0/s1. The molecule has 0 aromatic heterocycles. The van der Waals surface area contributed by atoms with Crippen molar-refractivity contribution in [1.29, 1.82) is 0 Å². The molecule has 3 atom stereocenters. The normalized spacial score (nSPS) is 24.8. The van der Waals surface area contributed by atoms with Crippen LogP contribution in [0.3, 0.4) is 0 Å². The monoisotopic (exact) mass is 332 g/mol. The Morgan fingerprint density at radius 1 is 1.52 bits per heavy atom. The number of halogens is 2. The summed E-state index contributed by atoms with van der Waals surface area (Å²) >= 11 is 11.9. The fourth-order valence-electron chi connectivity index (χ4n) is 2.44. The van der Waals surface area contributed by atoms with Gasteiger partial charge in [0, 0.05) is 21.4 Å². The van der Waals surface area contributed by atoms with Crippen molar-refractivity contribution < 1.29 is 14.5 Å². The van der Waals surface area contributed by atoms with Gasteiger partial charge in [0.1, 0.15) is 12.1 Å². The minimum absolute atomic E-state index is 0.0649. The van der Waals surface area contributed by atoms with Crippen LogP contribution >= 0.6 is 23.2 Å². The second-order valence-electron chi connectivity index (χ2n) is 4.70. The van der Waals surface area contributed by atoms with Crippen molar-refractivity contribution >= 4 is 29.2 Å². The molecular weight excluding hydrogens is 319 g/mol. The number of nitro groups is 1. The fraction of sp³-hybridized carbons (Fsp3) is 0.462. The molecule has 0 bridgehead atoms. The van der Waals surface area contributed by atoms with E-state index in [9.17, 15) is 14.9 Å². The molecule has 1 aliphatic rings. The molecule has 114 valence electrons. The van der Waals surface area contributed by atoms with Gasteiger partial charge in [-0.05, 0) is 24.6 Å². The van der Waals surface area contributed by atoms with Crippen LogP contribution in [0, 0.1) is 10.1 Å². The molecule has 0 aliphatic carbocycles. The van der Waals surface area contributed by atoms with Crippen LogP contribution in [0.2, 0.25) is 10.0 Å². The molecule has 1 fully saturated rings. The molecule has 0 radical (unpaired) electrons. The van der Waals surface area contributed by atoms with E-state index >= 15 is 0 Å². The number of nitrogens with zero attached hydrogens (tertiary/aromatic N) is 1. The minimum atomic E-state index is -0.946. The van der Waals surface area contributed by atoms with E-state index in [1.54, 1.807) is 19.1 Å². The van der Waals surface area contributed by atoms with Gasteiger partial charge >= 0.3 is 5.97 Å². The molecule has 1 aromatic carbocycles. The molecule has 1 saturated heterocycles. The number of nitrogens with one attached hydrogen (secondary N) is 1. The van der Waals surface area contributed by atoms with E-state index in [2.05, 4.69) is 5.32 Å². The highest BCUT2D eigenvalue weighted by atomic mass is 35.5. The van der Waals surface area contributed by atoms with Gasteiger partial charge in [-0.1, -0.05) is 29.3 Å². The fourth-order valence-corrected chi connectivity index (χ4v) is 2.97. The smallest absolute Gasteiger partial charge is 0.323 e. The van der Waals surface area contributed by atoms with E-state index in [0.717, 1.165) is 0 Å². The van der Waals surface area contributed by atoms with Crippen LogP contribution < -0.4 is 5.32 Å². The highest BCUT2D eigenvalue weighted by Gasteiger charge is 2.46. The average molecular weight is 333 g/mol. The summed E-state index contributed by atoms with van der Waals surface area (Å²) in [6, 6.07) is 2.45. The maximum absolute atomic E-state index is 11.8. The van der Waals surface area contributed by atoms with Crippen LogP contribution in [0.1, 0.15) is 24.9 Å². The molecule has 0 saturated carbocycles. The maximum atomic E-state index is 11.8. The number of rotatable bonds is 4. The zero-order chi connectivity index (χ0) is 15.6. The van der Waals surface area contributed by atoms with Crippen molar-refractivity contribution in [2.45, 2.75) is 31.5 Å². The molecule has 2 rings (SSSR count). The van der Waals surface area contributed by atoms with Crippen LogP contribution in [0.25, 0.3) is 0 Å². The first-order valence-electron chi connectivity index (χ1n) is 6.45. The van der Waals surface area contributed by atoms with E-state index in [1.165, 1.54) is 6.07 Å². The third-order valence-corrected chi connectivity index (χ3v) is 3.94. The van der Waals surface area contributed by atoms with E-state index in [-0.39, 0.29) is 13.0 Å². The largest absolute Gasteiger partial charge is 0.465 e. The van der Waals surface area contributed by atoms with Crippen molar-refractivity contribution in [3.8, 4) is 0 Å². The molecule has 6 nitrogen and oxygen atoms in total. The summed E-state index contributed by atoms with van der Waals surface area (Å²) in [6.45, 7) is 1.91. The van der Waals surface area contributed by atoms with Gasteiger partial charge in [-0.3, -0.25) is 20.2 Å². The number of esters is 1. The van der Waals surface area contributed by atoms with E-state index < -0.39 is 29.0 Å². The van der Waals surface area contributed by atoms with Crippen LogP contribution in [0.5, 0.6) is 0 Å². The van der Waals surface area contributed by atoms with E-state index in [1.807, 2.05) is 0 Å². The highest BCUT2D eigenvalue weighted by molar-refractivity contribution is 6.35. The Kier molecular flexibility index (Phi) is 5.03. The molecule has 8 heteroatoms. The lowest BCUT2D eigenvalue weighted by atomic mass is 10.0. The van der Waals surface area contributed by atoms with Crippen molar-refractivity contribution in [1.82, 2.24) is 5.32 Å². The lowest BCUT2D eigenvalue weighted by Gasteiger charge is -2.16. The van der Waals surface area contributed by atoms with Gasteiger partial charge in [0.15, 0.2) is 0 Å². The first-order chi connectivity index (χ1) is 9.93. The molecule has 1 heterocycles. The Balaban J connectivity index is 2.28. The topological polar surface area (TPSA) is 81.5 Å². The van der Waals surface area contributed by atoms with Crippen molar-refractivity contribution in [3.63, 3.8) is 0 Å². The Labute approximate surface area is 131 Å². The summed E-state index contributed by atoms with van der Waals surface area (Å²) in [7, 11) is 0. The molecular formula is C13H14Cl2N2O4. The first kappa shape index (κ1) is 16.0. The van der Waals surface area contributed by atoms with Crippen molar-refractivity contribution in [3.05, 3.63) is 43.9 Å². The summed E-state index contributed by atoms with van der Waals surface area (Å²) in [4.78, 5) is 22.6. The average Bonchev–Trinajstić information content (AvgIpc) is 2.84. The predicted octanol–water partition coefficient (Wildman–Crippen LogP) is 2.60. The Bertz CT molecular complexity index is 567. The molecule has 1 N–H and O–H groups in total. The number of carbonyl (C=O) groups excluding carboxylic acids is 1. The Morgan fingerprint density at radius 2 is 2.24 bits per heavy atom. The summed E-state index contributed by atoms with van der Waals surface area (Å²) < 4.78 is 4.91. The number of benzene rings is 1. The highest BCUT2D eigenvalue weighted by Crippen LogP contribution is 2.34. The van der Waals surface area contributed by atoms with Crippen LogP contribution in [-0.4, -0.2) is 29.6 Å². The summed E-state index contributed by atoms with van der Waals surface area (Å²) in [5, 5.41) is 14.9. The zero-order valence-electron chi connectivity index (χ0n) is 11.2. The predicted molar refractivity (Wildman–Crippen MR) is 78.2 cm³/mol. The minimum Gasteiger partial charge on any atom is -0.465 e. The summed E-state index contributed by atoms with van der Waals surface area (Å²) in [5.41, 5.74) is 0.551. The number of carbonyl (C=O) groups is 1. The van der Waals surface area contributed by atoms with Crippen LogP contribution in [0.15, 0.2) is 18.2 Å². The molecule has 21 heavy (non-hydrogen) atoms. The summed E-state index contributed by atoms with van der Waals surface area (Å²) in [6.07, 6.45) is 0.0649. The first-order valence-corrected chi connectivity index (χ1v) is 7.20. The van der Waals surface area contributed by atoms with Gasteiger partial charge in [0.05, 0.1) is 6.61 Å². The lowest BCUT2D eigenvalue weighted by molar-refractivity contribution is -0.524. The molecule has 0 amide bonds. The van der Waals surface area contributed by atoms with Crippen LogP contribution in [0.4, 0.5) is 0 Å². The number of ether oxygens (including phenoxy) is 1. The zero-order valence-corrected chi connectivity index (χ0v) is 12.7. The second-order valence-corrected chi connectivity index (χ2v) is 5.55. The third kappa shape index (κ3) is 3.45. The molecule has 0 unspecified atom stereocenters.